The molecule has 174 valence electrons. The van der Waals surface area contributed by atoms with Crippen molar-refractivity contribution in [2.45, 2.75) is 13.8 Å². The van der Waals surface area contributed by atoms with E-state index in [0.717, 1.165) is 27.9 Å². The number of pyridine rings is 1. The minimum Gasteiger partial charge on any atom is -0.495 e. The topological polar surface area (TPSA) is 69.0 Å². The van der Waals surface area contributed by atoms with Crippen molar-refractivity contribution in [3.05, 3.63) is 102 Å². The minimum atomic E-state index is -0.309. The zero-order valence-electron chi connectivity index (χ0n) is 19.5. The quantitative estimate of drug-likeness (QED) is 0.340. The number of hydrogen-bond acceptors (Lipinski definition) is 4. The fourth-order valence-corrected chi connectivity index (χ4v) is 4.11. The first kappa shape index (κ1) is 22.3. The summed E-state index contributed by atoms with van der Waals surface area (Å²) < 4.78 is 20.5. The SMILES string of the molecule is COc1ccc(C)cc1NC(=O)c1cc(-c2cnn(-c3ccc(F)cc3)c2C)nc2ccccc12. The van der Waals surface area contributed by atoms with Gasteiger partial charge < -0.3 is 10.1 Å². The minimum absolute atomic E-state index is 0.266. The van der Waals surface area contributed by atoms with Crippen LogP contribution in [-0.4, -0.2) is 27.8 Å². The van der Waals surface area contributed by atoms with Gasteiger partial charge in [-0.05, 0) is 67.9 Å². The number of carbonyl (C=O) groups is 1. The van der Waals surface area contributed by atoms with Gasteiger partial charge in [0.1, 0.15) is 11.6 Å². The molecule has 0 radical (unpaired) electrons. The normalized spacial score (nSPS) is 11.0. The monoisotopic (exact) mass is 466 g/mol. The first-order valence-electron chi connectivity index (χ1n) is 11.1. The van der Waals surface area contributed by atoms with E-state index in [2.05, 4.69) is 10.4 Å². The Morgan fingerprint density at radius 2 is 1.77 bits per heavy atom. The summed E-state index contributed by atoms with van der Waals surface area (Å²) in [4.78, 5) is 18.3. The average Bonchev–Trinajstić information content (AvgIpc) is 3.25. The van der Waals surface area contributed by atoms with Gasteiger partial charge in [-0.15, -0.1) is 0 Å². The van der Waals surface area contributed by atoms with Crippen LogP contribution in [0.15, 0.2) is 79.0 Å². The number of carbonyl (C=O) groups excluding carboxylic acids is 1. The van der Waals surface area contributed by atoms with Gasteiger partial charge >= 0.3 is 0 Å². The van der Waals surface area contributed by atoms with Crippen LogP contribution >= 0.6 is 0 Å². The summed E-state index contributed by atoms with van der Waals surface area (Å²) in [5, 5.41) is 8.22. The second-order valence-corrected chi connectivity index (χ2v) is 8.26. The summed E-state index contributed by atoms with van der Waals surface area (Å²) in [7, 11) is 1.57. The van der Waals surface area contributed by atoms with Crippen LogP contribution in [0.5, 0.6) is 5.75 Å². The number of rotatable bonds is 5. The van der Waals surface area contributed by atoms with E-state index in [0.29, 0.717) is 28.2 Å². The van der Waals surface area contributed by atoms with Gasteiger partial charge in [0.25, 0.3) is 5.91 Å². The van der Waals surface area contributed by atoms with Gasteiger partial charge in [-0.1, -0.05) is 24.3 Å². The molecule has 0 fully saturated rings. The Morgan fingerprint density at radius 1 is 1.00 bits per heavy atom. The number of ether oxygens (including phenoxy) is 1. The van der Waals surface area contributed by atoms with E-state index in [1.165, 1.54) is 12.1 Å². The maximum atomic E-state index is 13.5. The van der Waals surface area contributed by atoms with Crippen molar-refractivity contribution in [3.8, 4) is 22.7 Å². The van der Waals surface area contributed by atoms with Crippen LogP contribution < -0.4 is 10.1 Å². The van der Waals surface area contributed by atoms with Gasteiger partial charge in [0.05, 0.1) is 47.1 Å². The molecule has 0 saturated heterocycles. The molecule has 35 heavy (non-hydrogen) atoms. The highest BCUT2D eigenvalue weighted by Crippen LogP contribution is 2.30. The Labute approximate surface area is 202 Å². The van der Waals surface area contributed by atoms with E-state index in [9.17, 15) is 9.18 Å². The highest BCUT2D eigenvalue weighted by molar-refractivity contribution is 6.13. The molecule has 2 aromatic heterocycles. The van der Waals surface area contributed by atoms with Crippen LogP contribution in [0.25, 0.3) is 27.8 Å². The molecule has 1 amide bonds. The van der Waals surface area contributed by atoms with Crippen molar-refractivity contribution in [2.24, 2.45) is 0 Å². The van der Waals surface area contributed by atoms with Gasteiger partial charge in [0, 0.05) is 10.9 Å². The number of benzene rings is 3. The molecule has 0 aliphatic carbocycles. The molecule has 0 spiro atoms. The molecule has 6 nitrogen and oxygen atoms in total. The first-order valence-corrected chi connectivity index (χ1v) is 11.1. The largest absolute Gasteiger partial charge is 0.495 e. The van der Waals surface area contributed by atoms with Crippen LogP contribution in [0.3, 0.4) is 0 Å². The summed E-state index contributed by atoms with van der Waals surface area (Å²) in [6.07, 6.45) is 1.71. The maximum Gasteiger partial charge on any atom is 0.256 e. The maximum absolute atomic E-state index is 13.5. The number of halogens is 1. The van der Waals surface area contributed by atoms with Crippen LogP contribution in [-0.2, 0) is 0 Å². The Morgan fingerprint density at radius 3 is 2.54 bits per heavy atom. The molecule has 1 N–H and O–H groups in total. The van der Waals surface area contributed by atoms with E-state index in [1.807, 2.05) is 56.3 Å². The third kappa shape index (κ3) is 4.24. The molecule has 0 saturated carbocycles. The van der Waals surface area contributed by atoms with E-state index in [1.54, 1.807) is 36.2 Å². The number of aryl methyl sites for hydroxylation is 1. The lowest BCUT2D eigenvalue weighted by molar-refractivity contribution is 0.102. The van der Waals surface area contributed by atoms with Crippen LogP contribution in [0.4, 0.5) is 10.1 Å². The summed E-state index contributed by atoms with van der Waals surface area (Å²) in [5.41, 5.74) is 5.75. The van der Waals surface area contributed by atoms with Crippen LogP contribution in [0.1, 0.15) is 21.6 Å². The summed E-state index contributed by atoms with van der Waals surface area (Å²) in [6, 6.07) is 21.1. The van der Waals surface area contributed by atoms with E-state index < -0.39 is 0 Å². The predicted molar refractivity (Wildman–Crippen MR) is 135 cm³/mol. The van der Waals surface area contributed by atoms with E-state index in [-0.39, 0.29) is 11.7 Å². The molecule has 0 bridgehead atoms. The molecular formula is C28H23FN4O2. The number of aromatic nitrogens is 3. The molecule has 3 aromatic carbocycles. The van der Waals surface area contributed by atoms with E-state index >= 15 is 0 Å². The Hall–Kier alpha value is -4.52. The van der Waals surface area contributed by atoms with Crippen molar-refractivity contribution in [2.75, 3.05) is 12.4 Å². The number of hydrogen-bond donors (Lipinski definition) is 1. The zero-order valence-corrected chi connectivity index (χ0v) is 19.5. The molecule has 5 aromatic rings. The van der Waals surface area contributed by atoms with Crippen LogP contribution in [0, 0.1) is 19.7 Å². The standard InChI is InChI=1S/C28H23FN4O2/c1-17-8-13-27(35-3)26(14-17)32-28(34)22-15-25(31-24-7-5-4-6-21(22)24)23-16-30-33(18(23)2)20-11-9-19(29)10-12-20/h4-16H,1-3H3,(H,32,34). The third-order valence-corrected chi connectivity index (χ3v) is 5.92. The van der Waals surface area contributed by atoms with Gasteiger partial charge in [0.15, 0.2) is 0 Å². The molecule has 5 rings (SSSR count). The van der Waals surface area contributed by atoms with Gasteiger partial charge in [0.2, 0.25) is 0 Å². The molecule has 0 aliphatic heterocycles. The summed E-state index contributed by atoms with van der Waals surface area (Å²) in [6.45, 7) is 3.87. The van der Waals surface area contributed by atoms with Crippen LogP contribution in [0.2, 0.25) is 0 Å². The van der Waals surface area contributed by atoms with Gasteiger partial charge in [-0.2, -0.15) is 5.10 Å². The summed E-state index contributed by atoms with van der Waals surface area (Å²) in [5.74, 6) is 0.00663. The van der Waals surface area contributed by atoms with Crippen molar-refractivity contribution in [1.29, 1.82) is 0 Å². The predicted octanol–water partition coefficient (Wildman–Crippen LogP) is 6.10. The van der Waals surface area contributed by atoms with E-state index in [4.69, 9.17) is 9.72 Å². The lowest BCUT2D eigenvalue weighted by Crippen LogP contribution is -2.14. The third-order valence-electron chi connectivity index (χ3n) is 5.92. The number of methoxy groups -OCH3 is 1. The highest BCUT2D eigenvalue weighted by Gasteiger charge is 2.18. The molecular weight excluding hydrogens is 443 g/mol. The molecule has 0 atom stereocenters. The summed E-state index contributed by atoms with van der Waals surface area (Å²) >= 11 is 0. The van der Waals surface area contributed by atoms with Gasteiger partial charge in [-0.3, -0.25) is 4.79 Å². The molecule has 2 heterocycles. The Balaban J connectivity index is 1.59. The average molecular weight is 467 g/mol. The van der Waals surface area contributed by atoms with Crippen molar-refractivity contribution in [1.82, 2.24) is 14.8 Å². The number of nitrogens with zero attached hydrogens (tertiary/aromatic N) is 3. The number of para-hydroxylation sites is 1. The van der Waals surface area contributed by atoms with Gasteiger partial charge in [-0.25, -0.2) is 14.1 Å². The Bertz CT molecular complexity index is 1560. The second kappa shape index (κ2) is 9.02. The van der Waals surface area contributed by atoms with Crippen molar-refractivity contribution < 1.29 is 13.9 Å². The lowest BCUT2D eigenvalue weighted by Gasteiger charge is -2.13. The number of anilines is 1. The zero-order chi connectivity index (χ0) is 24.5. The fraction of sp³-hybridized carbons (Fsp3) is 0.107. The lowest BCUT2D eigenvalue weighted by atomic mass is 10.0. The fourth-order valence-electron chi connectivity index (χ4n) is 4.11. The highest BCUT2D eigenvalue weighted by atomic mass is 19.1. The molecule has 0 unspecified atom stereocenters. The number of nitrogens with one attached hydrogen (secondary N) is 1. The van der Waals surface area contributed by atoms with Crippen molar-refractivity contribution in [3.63, 3.8) is 0 Å². The first-order chi connectivity index (χ1) is 16.9. The number of fused-ring (bicyclic) bond motifs is 1. The number of amides is 1. The molecule has 7 heteroatoms. The Kier molecular flexibility index (Phi) is 5.74. The second-order valence-electron chi connectivity index (χ2n) is 8.26. The molecule has 0 aliphatic rings. The van der Waals surface area contributed by atoms with Crippen molar-refractivity contribution >= 4 is 22.5 Å². The smallest absolute Gasteiger partial charge is 0.256 e.